The molecule has 0 spiro atoms. The summed E-state index contributed by atoms with van der Waals surface area (Å²) >= 11 is 3.18. The zero-order chi connectivity index (χ0) is 12.4. The van der Waals surface area contributed by atoms with Crippen LogP contribution in [0.25, 0.3) is 0 Å². The second-order valence-electron chi connectivity index (χ2n) is 3.93. The molecule has 1 heterocycles. The molecule has 6 heteroatoms. The summed E-state index contributed by atoms with van der Waals surface area (Å²) in [5, 5.41) is 8.80. The molecule has 0 radical (unpaired) electrons. The molecule has 90 valence electrons. The molecule has 1 amide bonds. The highest BCUT2D eigenvalue weighted by Gasteiger charge is 2.34. The third kappa shape index (κ3) is 3.03. The molecule has 0 atom stereocenters. The molecule has 1 aromatic heterocycles. The van der Waals surface area contributed by atoms with Gasteiger partial charge in [-0.1, -0.05) is 0 Å². The van der Waals surface area contributed by atoms with Gasteiger partial charge in [-0.05, 0) is 40.9 Å². The second kappa shape index (κ2) is 4.83. The van der Waals surface area contributed by atoms with Crippen molar-refractivity contribution in [2.24, 2.45) is 0 Å². The Balaban J connectivity index is 2.18. The smallest absolute Gasteiger partial charge is 0.323 e. The van der Waals surface area contributed by atoms with Crippen molar-refractivity contribution in [3.05, 3.63) is 28.5 Å². The molecule has 0 saturated heterocycles. The Labute approximate surface area is 107 Å². The number of carboxylic acid groups (broad SMARTS) is 1. The number of nitrogens with zero attached hydrogens (tertiary/aromatic N) is 2. The molecule has 1 saturated carbocycles. The van der Waals surface area contributed by atoms with Crippen molar-refractivity contribution >= 4 is 27.8 Å². The van der Waals surface area contributed by atoms with Gasteiger partial charge in [-0.15, -0.1) is 0 Å². The van der Waals surface area contributed by atoms with E-state index in [1.165, 1.54) is 11.1 Å². The van der Waals surface area contributed by atoms with Gasteiger partial charge in [-0.25, -0.2) is 4.98 Å². The van der Waals surface area contributed by atoms with Crippen LogP contribution in [0, 0.1) is 0 Å². The maximum Gasteiger partial charge on any atom is 0.323 e. The molecule has 1 aliphatic rings. The van der Waals surface area contributed by atoms with E-state index in [1.54, 1.807) is 12.1 Å². The molecule has 0 aromatic carbocycles. The minimum absolute atomic E-state index is 0.0746. The lowest BCUT2D eigenvalue weighted by atomic mass is 10.2. The highest BCUT2D eigenvalue weighted by atomic mass is 79.9. The molecule has 2 rings (SSSR count). The first-order valence-corrected chi connectivity index (χ1v) is 6.01. The first kappa shape index (κ1) is 12.0. The number of aromatic nitrogens is 1. The van der Waals surface area contributed by atoms with E-state index in [0.29, 0.717) is 10.2 Å². The summed E-state index contributed by atoms with van der Waals surface area (Å²) in [6, 6.07) is 3.26. The number of pyridine rings is 1. The molecule has 1 aromatic rings. The fraction of sp³-hybridized carbons (Fsp3) is 0.364. The van der Waals surface area contributed by atoms with Gasteiger partial charge in [0, 0.05) is 17.8 Å². The Morgan fingerprint density at radius 1 is 1.53 bits per heavy atom. The van der Waals surface area contributed by atoms with Gasteiger partial charge in [0.1, 0.15) is 11.1 Å². The lowest BCUT2D eigenvalue weighted by Gasteiger charge is -2.20. The van der Waals surface area contributed by atoms with Gasteiger partial charge in [0.15, 0.2) is 0 Å². The molecule has 1 N–H and O–H groups in total. The Morgan fingerprint density at radius 3 is 2.76 bits per heavy atom. The van der Waals surface area contributed by atoms with Crippen molar-refractivity contribution in [3.63, 3.8) is 0 Å². The normalized spacial score (nSPS) is 14.4. The number of halogens is 1. The van der Waals surface area contributed by atoms with Gasteiger partial charge in [0.05, 0.1) is 0 Å². The first-order valence-electron chi connectivity index (χ1n) is 5.22. The zero-order valence-corrected chi connectivity index (χ0v) is 10.6. The van der Waals surface area contributed by atoms with Gasteiger partial charge >= 0.3 is 5.97 Å². The van der Waals surface area contributed by atoms with Gasteiger partial charge < -0.3 is 10.0 Å². The fourth-order valence-corrected chi connectivity index (χ4v) is 1.96. The van der Waals surface area contributed by atoms with Crippen molar-refractivity contribution in [1.82, 2.24) is 9.88 Å². The van der Waals surface area contributed by atoms with Gasteiger partial charge in [-0.2, -0.15) is 0 Å². The molecule has 0 bridgehead atoms. The Hall–Kier alpha value is -1.43. The van der Waals surface area contributed by atoms with Crippen LogP contribution in [0.3, 0.4) is 0 Å². The number of hydrogen-bond donors (Lipinski definition) is 1. The largest absolute Gasteiger partial charge is 0.480 e. The average molecular weight is 299 g/mol. The second-order valence-corrected chi connectivity index (χ2v) is 4.74. The summed E-state index contributed by atoms with van der Waals surface area (Å²) in [5.41, 5.74) is 0.458. The van der Waals surface area contributed by atoms with Crippen molar-refractivity contribution < 1.29 is 14.7 Å². The van der Waals surface area contributed by atoms with Crippen LogP contribution in [0.2, 0.25) is 0 Å². The summed E-state index contributed by atoms with van der Waals surface area (Å²) in [7, 11) is 0. The highest BCUT2D eigenvalue weighted by Crippen LogP contribution is 2.28. The predicted molar refractivity (Wildman–Crippen MR) is 63.6 cm³/mol. The molecular formula is C11H11BrN2O3. The molecule has 1 fully saturated rings. The maximum absolute atomic E-state index is 12.1. The van der Waals surface area contributed by atoms with Crippen molar-refractivity contribution in [2.75, 3.05) is 6.54 Å². The molecular weight excluding hydrogens is 288 g/mol. The highest BCUT2D eigenvalue weighted by molar-refractivity contribution is 9.10. The van der Waals surface area contributed by atoms with Crippen LogP contribution in [-0.2, 0) is 4.79 Å². The molecule has 0 unspecified atom stereocenters. The van der Waals surface area contributed by atoms with Crippen molar-refractivity contribution in [1.29, 1.82) is 0 Å². The van der Waals surface area contributed by atoms with E-state index >= 15 is 0 Å². The molecule has 17 heavy (non-hydrogen) atoms. The molecule has 5 nitrogen and oxygen atoms in total. The number of amides is 1. The van der Waals surface area contributed by atoms with Crippen LogP contribution in [-0.4, -0.2) is 39.5 Å². The lowest BCUT2D eigenvalue weighted by molar-refractivity contribution is -0.137. The molecule has 0 aliphatic heterocycles. The third-order valence-corrected chi connectivity index (χ3v) is 2.96. The van der Waals surface area contributed by atoms with E-state index in [2.05, 4.69) is 20.9 Å². The van der Waals surface area contributed by atoms with Crippen LogP contribution in [0.1, 0.15) is 23.2 Å². The zero-order valence-electron chi connectivity index (χ0n) is 8.97. The number of carbonyl (C=O) groups excluding carboxylic acids is 1. The van der Waals surface area contributed by atoms with Crippen LogP contribution < -0.4 is 0 Å². The Kier molecular flexibility index (Phi) is 3.42. The van der Waals surface area contributed by atoms with E-state index in [4.69, 9.17) is 5.11 Å². The number of carboxylic acids is 1. The topological polar surface area (TPSA) is 70.5 Å². The maximum atomic E-state index is 12.1. The number of aliphatic carboxylic acids is 1. The van der Waals surface area contributed by atoms with E-state index in [9.17, 15) is 9.59 Å². The monoisotopic (exact) mass is 298 g/mol. The minimum Gasteiger partial charge on any atom is -0.480 e. The summed E-state index contributed by atoms with van der Waals surface area (Å²) in [5.74, 6) is -1.24. The van der Waals surface area contributed by atoms with Gasteiger partial charge in [-0.3, -0.25) is 9.59 Å². The van der Waals surface area contributed by atoms with Crippen molar-refractivity contribution in [3.8, 4) is 0 Å². The summed E-state index contributed by atoms with van der Waals surface area (Å²) in [4.78, 5) is 28.2. The standard InChI is InChI=1S/C11H11BrN2O3/c12-9-5-7(3-4-13-9)11(17)14(6-10(15)16)8-1-2-8/h3-5,8H,1-2,6H2,(H,15,16). The number of rotatable bonds is 4. The fourth-order valence-electron chi connectivity index (χ4n) is 1.60. The van der Waals surface area contributed by atoms with E-state index < -0.39 is 5.97 Å². The third-order valence-electron chi connectivity index (χ3n) is 2.53. The Bertz CT molecular complexity index is 460. The summed E-state index contributed by atoms with van der Waals surface area (Å²) in [6.07, 6.45) is 3.28. The van der Waals surface area contributed by atoms with E-state index in [0.717, 1.165) is 12.8 Å². The summed E-state index contributed by atoms with van der Waals surface area (Å²) < 4.78 is 0.564. The number of hydrogen-bond acceptors (Lipinski definition) is 3. The van der Waals surface area contributed by atoms with Crippen LogP contribution in [0.5, 0.6) is 0 Å². The van der Waals surface area contributed by atoms with Crippen molar-refractivity contribution in [2.45, 2.75) is 18.9 Å². The van der Waals surface area contributed by atoms with E-state index in [-0.39, 0.29) is 18.5 Å². The van der Waals surface area contributed by atoms with Crippen LogP contribution >= 0.6 is 15.9 Å². The minimum atomic E-state index is -0.988. The summed E-state index contributed by atoms with van der Waals surface area (Å²) in [6.45, 7) is -0.247. The average Bonchev–Trinajstić information content (AvgIpc) is 3.08. The number of carbonyl (C=O) groups is 2. The lowest BCUT2D eigenvalue weighted by Crippen LogP contribution is -2.37. The first-order chi connectivity index (χ1) is 8.08. The quantitative estimate of drug-likeness (QED) is 0.856. The Morgan fingerprint density at radius 2 is 2.24 bits per heavy atom. The van der Waals surface area contributed by atoms with Gasteiger partial charge in [0.25, 0.3) is 5.91 Å². The van der Waals surface area contributed by atoms with Crippen LogP contribution in [0.4, 0.5) is 0 Å². The van der Waals surface area contributed by atoms with Gasteiger partial charge in [0.2, 0.25) is 0 Å². The molecule has 1 aliphatic carbocycles. The van der Waals surface area contributed by atoms with E-state index in [1.807, 2.05) is 0 Å². The predicted octanol–water partition coefficient (Wildman–Crippen LogP) is 1.53. The van der Waals surface area contributed by atoms with Crippen LogP contribution in [0.15, 0.2) is 22.9 Å². The SMILES string of the molecule is O=C(O)CN(C(=O)c1ccnc(Br)c1)C1CC1.